The van der Waals surface area contributed by atoms with E-state index in [1.165, 1.54) is 0 Å². The number of hydrogen-bond acceptors (Lipinski definition) is 3. The molecule has 2 aromatic rings. The van der Waals surface area contributed by atoms with Gasteiger partial charge in [0, 0.05) is 18.0 Å². The number of rotatable bonds is 1. The monoisotopic (exact) mass is 205 g/mol. The highest BCUT2D eigenvalue weighted by Gasteiger charge is 1.97. The molecule has 0 saturated carbocycles. The molecule has 0 aliphatic carbocycles. The number of aromatic nitrogens is 3. The van der Waals surface area contributed by atoms with Gasteiger partial charge in [-0.25, -0.2) is 4.79 Å². The third-order valence-corrected chi connectivity index (χ3v) is 1.97. The third kappa shape index (κ3) is 1.77. The highest BCUT2D eigenvalue weighted by molar-refractivity contribution is 7.71. The highest BCUT2D eigenvalue weighted by atomic mass is 32.1. The second-order valence-corrected chi connectivity index (χ2v) is 3.18. The average Bonchev–Trinajstić information content (AvgIpc) is 2.18. The van der Waals surface area contributed by atoms with Crippen molar-refractivity contribution in [1.82, 2.24) is 15.0 Å². The summed E-state index contributed by atoms with van der Waals surface area (Å²) in [5, 5.41) is 0. The Kier molecular flexibility index (Phi) is 2.24. The van der Waals surface area contributed by atoms with Crippen LogP contribution in [0.3, 0.4) is 0 Å². The van der Waals surface area contributed by atoms with Crippen LogP contribution in [0.2, 0.25) is 0 Å². The van der Waals surface area contributed by atoms with E-state index in [1.54, 1.807) is 30.6 Å². The summed E-state index contributed by atoms with van der Waals surface area (Å²) in [6, 6.07) is 5.31. The van der Waals surface area contributed by atoms with Gasteiger partial charge in [0.2, 0.25) is 0 Å². The SMILES string of the molecule is O=c1[nH]c(-c2ccncc2)cc(=S)[nH]1. The smallest absolute Gasteiger partial charge is 0.307 e. The molecule has 0 aliphatic rings. The summed E-state index contributed by atoms with van der Waals surface area (Å²) in [5.74, 6) is 0. The molecule has 2 heterocycles. The van der Waals surface area contributed by atoms with Crippen molar-refractivity contribution in [3.63, 3.8) is 0 Å². The lowest BCUT2D eigenvalue weighted by Crippen LogP contribution is -2.10. The lowest BCUT2D eigenvalue weighted by Gasteiger charge is -1.98. The van der Waals surface area contributed by atoms with E-state index in [-0.39, 0.29) is 5.69 Å². The van der Waals surface area contributed by atoms with Gasteiger partial charge in [0.15, 0.2) is 0 Å². The maximum absolute atomic E-state index is 11.1. The zero-order valence-corrected chi connectivity index (χ0v) is 7.97. The fourth-order valence-electron chi connectivity index (χ4n) is 1.16. The molecule has 0 aliphatic heterocycles. The number of hydrogen-bond donors (Lipinski definition) is 2. The van der Waals surface area contributed by atoms with Crippen LogP contribution >= 0.6 is 12.2 Å². The van der Waals surface area contributed by atoms with Crippen LogP contribution in [0.1, 0.15) is 0 Å². The van der Waals surface area contributed by atoms with Crippen molar-refractivity contribution in [3.05, 3.63) is 45.7 Å². The molecule has 14 heavy (non-hydrogen) atoms. The molecule has 2 rings (SSSR count). The Balaban J connectivity index is 2.64. The van der Waals surface area contributed by atoms with Crippen LogP contribution in [-0.4, -0.2) is 15.0 Å². The molecule has 0 unspecified atom stereocenters. The number of H-pyrrole nitrogens is 2. The summed E-state index contributed by atoms with van der Waals surface area (Å²) in [6.45, 7) is 0. The van der Waals surface area contributed by atoms with Gasteiger partial charge >= 0.3 is 5.69 Å². The summed E-state index contributed by atoms with van der Waals surface area (Å²) >= 11 is 4.90. The van der Waals surface area contributed by atoms with Crippen molar-refractivity contribution in [3.8, 4) is 11.3 Å². The van der Waals surface area contributed by atoms with E-state index in [0.717, 1.165) is 5.56 Å². The molecular weight excluding hydrogens is 198 g/mol. The average molecular weight is 205 g/mol. The van der Waals surface area contributed by atoms with Gasteiger partial charge in [0.25, 0.3) is 0 Å². The molecule has 0 amide bonds. The van der Waals surface area contributed by atoms with E-state index in [4.69, 9.17) is 12.2 Å². The summed E-state index contributed by atoms with van der Waals surface area (Å²) in [7, 11) is 0. The molecule has 0 atom stereocenters. The van der Waals surface area contributed by atoms with Gasteiger partial charge in [-0.3, -0.25) is 9.97 Å². The molecule has 0 spiro atoms. The summed E-state index contributed by atoms with van der Waals surface area (Å²) in [5.41, 5.74) is 1.28. The van der Waals surface area contributed by atoms with E-state index in [0.29, 0.717) is 10.3 Å². The first kappa shape index (κ1) is 8.83. The normalized spacial score (nSPS) is 10.0. The largest absolute Gasteiger partial charge is 0.324 e. The predicted octanol–water partition coefficient (Wildman–Crippen LogP) is 1.49. The van der Waals surface area contributed by atoms with Gasteiger partial charge < -0.3 is 4.98 Å². The van der Waals surface area contributed by atoms with Crippen LogP contribution in [-0.2, 0) is 0 Å². The standard InChI is InChI=1S/C9H7N3OS/c13-9-11-7(5-8(14)12-9)6-1-3-10-4-2-6/h1-5H,(H2,11,12,13,14). The minimum Gasteiger partial charge on any atom is -0.307 e. The molecule has 2 aromatic heterocycles. The van der Waals surface area contributed by atoms with E-state index in [2.05, 4.69) is 15.0 Å². The van der Waals surface area contributed by atoms with Crippen molar-refractivity contribution in [2.24, 2.45) is 0 Å². The maximum atomic E-state index is 11.1. The Morgan fingerprint density at radius 2 is 1.93 bits per heavy atom. The van der Waals surface area contributed by atoms with Gasteiger partial charge in [-0.1, -0.05) is 12.2 Å². The molecule has 0 bridgehead atoms. The summed E-state index contributed by atoms with van der Waals surface area (Å²) in [6.07, 6.45) is 3.32. The Bertz CT molecular complexity index is 515. The van der Waals surface area contributed by atoms with Gasteiger partial charge in [-0.15, -0.1) is 0 Å². The third-order valence-electron chi connectivity index (χ3n) is 1.75. The molecule has 0 aromatic carbocycles. The minimum atomic E-state index is -0.302. The molecule has 2 N–H and O–H groups in total. The van der Waals surface area contributed by atoms with Gasteiger partial charge in [-0.2, -0.15) is 0 Å². The van der Waals surface area contributed by atoms with Crippen molar-refractivity contribution < 1.29 is 0 Å². The highest BCUT2D eigenvalue weighted by Crippen LogP contribution is 2.12. The zero-order chi connectivity index (χ0) is 9.97. The van der Waals surface area contributed by atoms with E-state index >= 15 is 0 Å². The Labute approximate surface area is 84.7 Å². The quantitative estimate of drug-likeness (QED) is 0.693. The molecule has 4 nitrogen and oxygen atoms in total. The predicted molar refractivity (Wildman–Crippen MR) is 55.5 cm³/mol. The number of aromatic amines is 2. The first-order valence-corrected chi connectivity index (χ1v) is 4.40. The fourth-order valence-corrected chi connectivity index (χ4v) is 1.37. The Morgan fingerprint density at radius 3 is 2.57 bits per heavy atom. The van der Waals surface area contributed by atoms with E-state index < -0.39 is 0 Å². The molecule has 0 radical (unpaired) electrons. The molecule has 0 saturated heterocycles. The van der Waals surface area contributed by atoms with Crippen LogP contribution in [0.5, 0.6) is 0 Å². The minimum absolute atomic E-state index is 0.302. The van der Waals surface area contributed by atoms with Crippen molar-refractivity contribution >= 4 is 12.2 Å². The first-order valence-electron chi connectivity index (χ1n) is 4.00. The summed E-state index contributed by atoms with van der Waals surface area (Å²) in [4.78, 5) is 20.1. The zero-order valence-electron chi connectivity index (χ0n) is 7.15. The lowest BCUT2D eigenvalue weighted by molar-refractivity contribution is 1.07. The summed E-state index contributed by atoms with van der Waals surface area (Å²) < 4.78 is 0.417. The van der Waals surface area contributed by atoms with E-state index in [1.807, 2.05) is 0 Å². The fraction of sp³-hybridized carbons (Fsp3) is 0. The van der Waals surface area contributed by atoms with E-state index in [9.17, 15) is 4.79 Å². The lowest BCUT2D eigenvalue weighted by atomic mass is 10.2. The van der Waals surface area contributed by atoms with Crippen LogP contribution < -0.4 is 5.69 Å². The molecular formula is C9H7N3OS. The van der Waals surface area contributed by atoms with Crippen molar-refractivity contribution in [1.29, 1.82) is 0 Å². The van der Waals surface area contributed by atoms with Crippen LogP contribution in [0.15, 0.2) is 35.4 Å². The molecule has 70 valence electrons. The van der Waals surface area contributed by atoms with Crippen LogP contribution in [0, 0.1) is 4.64 Å². The van der Waals surface area contributed by atoms with Gasteiger partial charge in [-0.05, 0) is 18.2 Å². The topological polar surface area (TPSA) is 61.5 Å². The Morgan fingerprint density at radius 1 is 1.21 bits per heavy atom. The first-order chi connectivity index (χ1) is 6.75. The second-order valence-electron chi connectivity index (χ2n) is 2.74. The van der Waals surface area contributed by atoms with Crippen LogP contribution in [0.25, 0.3) is 11.3 Å². The molecule has 5 heteroatoms. The van der Waals surface area contributed by atoms with Crippen LogP contribution in [0.4, 0.5) is 0 Å². The van der Waals surface area contributed by atoms with Gasteiger partial charge in [0.1, 0.15) is 4.64 Å². The molecule has 0 fully saturated rings. The Hall–Kier alpha value is -1.75. The number of nitrogens with one attached hydrogen (secondary N) is 2. The number of nitrogens with zero attached hydrogens (tertiary/aromatic N) is 1. The van der Waals surface area contributed by atoms with Crippen molar-refractivity contribution in [2.75, 3.05) is 0 Å². The maximum Gasteiger partial charge on any atom is 0.324 e. The van der Waals surface area contributed by atoms with Gasteiger partial charge in [0.05, 0.1) is 5.69 Å². The second kappa shape index (κ2) is 3.55. The van der Waals surface area contributed by atoms with Crippen molar-refractivity contribution in [2.45, 2.75) is 0 Å². The number of pyridine rings is 1.